The lowest BCUT2D eigenvalue weighted by molar-refractivity contribution is 0.361. The second-order valence-electron chi connectivity index (χ2n) is 4.95. The maximum Gasteiger partial charge on any atom is 0.152 e. The molecule has 0 atom stereocenters. The van der Waals surface area contributed by atoms with Gasteiger partial charge in [0.15, 0.2) is 5.15 Å². The number of anilines is 1. The molecular formula is C13H19ClN2. The van der Waals surface area contributed by atoms with E-state index in [0.717, 1.165) is 17.2 Å². The van der Waals surface area contributed by atoms with Gasteiger partial charge in [0, 0.05) is 12.2 Å². The van der Waals surface area contributed by atoms with Gasteiger partial charge in [-0.15, -0.1) is 0 Å². The van der Waals surface area contributed by atoms with Gasteiger partial charge in [-0.05, 0) is 50.2 Å². The van der Waals surface area contributed by atoms with Crippen LogP contribution in [0.15, 0.2) is 12.3 Å². The van der Waals surface area contributed by atoms with E-state index >= 15 is 0 Å². The average molecular weight is 239 g/mol. The summed E-state index contributed by atoms with van der Waals surface area (Å²) in [5, 5.41) is 4.10. The van der Waals surface area contributed by atoms with Gasteiger partial charge in [-0.3, -0.25) is 0 Å². The van der Waals surface area contributed by atoms with E-state index in [1.54, 1.807) is 6.20 Å². The molecule has 0 aliphatic heterocycles. The maximum atomic E-state index is 6.07. The van der Waals surface area contributed by atoms with Crippen LogP contribution in [0.1, 0.15) is 38.2 Å². The Bertz CT molecular complexity index is 357. The summed E-state index contributed by atoms with van der Waals surface area (Å²) in [6.45, 7) is 4.37. The molecule has 16 heavy (non-hydrogen) atoms. The van der Waals surface area contributed by atoms with Crippen LogP contribution in [0.2, 0.25) is 5.15 Å². The molecule has 2 nitrogen and oxygen atoms in total. The summed E-state index contributed by atoms with van der Waals surface area (Å²) < 4.78 is 0. The summed E-state index contributed by atoms with van der Waals surface area (Å²) in [4.78, 5) is 4.16. The summed E-state index contributed by atoms with van der Waals surface area (Å²) in [6, 6.07) is 2.64. The SMILES string of the molecule is Cc1cnc(Cl)c(NC2CCC(C)CC2)c1. The van der Waals surface area contributed by atoms with Gasteiger partial charge in [0.1, 0.15) is 0 Å². The monoisotopic (exact) mass is 238 g/mol. The van der Waals surface area contributed by atoms with Crippen LogP contribution in [0.3, 0.4) is 0 Å². The zero-order valence-corrected chi connectivity index (χ0v) is 10.7. The fourth-order valence-corrected chi connectivity index (χ4v) is 2.44. The second-order valence-corrected chi connectivity index (χ2v) is 5.31. The Morgan fingerprint density at radius 2 is 2.00 bits per heavy atom. The van der Waals surface area contributed by atoms with Crippen molar-refractivity contribution >= 4 is 17.3 Å². The van der Waals surface area contributed by atoms with Crippen LogP contribution in [0, 0.1) is 12.8 Å². The molecule has 88 valence electrons. The van der Waals surface area contributed by atoms with Gasteiger partial charge in [0.05, 0.1) is 5.69 Å². The van der Waals surface area contributed by atoms with Crippen molar-refractivity contribution in [2.75, 3.05) is 5.32 Å². The molecule has 0 amide bonds. The van der Waals surface area contributed by atoms with Gasteiger partial charge in [0.2, 0.25) is 0 Å². The van der Waals surface area contributed by atoms with Crippen molar-refractivity contribution in [1.29, 1.82) is 0 Å². The maximum absolute atomic E-state index is 6.07. The first kappa shape index (κ1) is 11.7. The van der Waals surface area contributed by atoms with E-state index in [9.17, 15) is 0 Å². The highest BCUT2D eigenvalue weighted by Gasteiger charge is 2.18. The average Bonchev–Trinajstić information content (AvgIpc) is 2.27. The van der Waals surface area contributed by atoms with Gasteiger partial charge < -0.3 is 5.32 Å². The minimum atomic E-state index is 0.567. The smallest absolute Gasteiger partial charge is 0.152 e. The Morgan fingerprint density at radius 3 is 2.69 bits per heavy atom. The number of pyridine rings is 1. The fourth-order valence-electron chi connectivity index (χ4n) is 2.28. The highest BCUT2D eigenvalue weighted by Crippen LogP contribution is 2.28. The molecule has 0 unspecified atom stereocenters. The molecule has 2 rings (SSSR count). The Balaban J connectivity index is 2.00. The van der Waals surface area contributed by atoms with Crippen molar-refractivity contribution in [2.24, 2.45) is 5.92 Å². The Kier molecular flexibility index (Phi) is 3.70. The van der Waals surface area contributed by atoms with Crippen molar-refractivity contribution in [1.82, 2.24) is 4.98 Å². The molecule has 0 saturated heterocycles. The number of aromatic nitrogens is 1. The molecule has 1 heterocycles. The molecule has 1 aromatic heterocycles. The van der Waals surface area contributed by atoms with Crippen LogP contribution < -0.4 is 5.32 Å². The third-order valence-corrected chi connectivity index (χ3v) is 3.65. The van der Waals surface area contributed by atoms with Gasteiger partial charge in [0.25, 0.3) is 0 Å². The number of aryl methyl sites for hydroxylation is 1. The van der Waals surface area contributed by atoms with Crippen LogP contribution in [0.5, 0.6) is 0 Å². The lowest BCUT2D eigenvalue weighted by Gasteiger charge is -2.28. The van der Waals surface area contributed by atoms with Crippen LogP contribution in [0.25, 0.3) is 0 Å². The summed E-state index contributed by atoms with van der Waals surface area (Å²) >= 11 is 6.07. The third-order valence-electron chi connectivity index (χ3n) is 3.35. The van der Waals surface area contributed by atoms with Crippen LogP contribution >= 0.6 is 11.6 Å². The minimum absolute atomic E-state index is 0.567. The van der Waals surface area contributed by atoms with E-state index in [4.69, 9.17) is 11.6 Å². The highest BCUT2D eigenvalue weighted by atomic mass is 35.5. The fraction of sp³-hybridized carbons (Fsp3) is 0.615. The predicted octanol–water partition coefficient (Wildman–Crippen LogP) is 4.03. The molecule has 0 aromatic carbocycles. The number of nitrogens with one attached hydrogen (secondary N) is 1. The van der Waals surface area contributed by atoms with Crippen molar-refractivity contribution in [3.8, 4) is 0 Å². The molecule has 1 aromatic rings. The van der Waals surface area contributed by atoms with Crippen molar-refractivity contribution in [3.63, 3.8) is 0 Å². The number of nitrogens with zero attached hydrogens (tertiary/aromatic N) is 1. The molecule has 3 heteroatoms. The topological polar surface area (TPSA) is 24.9 Å². The standard InChI is InChI=1S/C13H19ClN2/c1-9-3-5-11(6-4-9)16-12-7-10(2)8-15-13(12)14/h7-9,11,16H,3-6H2,1-2H3. The highest BCUT2D eigenvalue weighted by molar-refractivity contribution is 6.31. The molecule has 0 radical (unpaired) electrons. The molecule has 1 saturated carbocycles. The molecule has 1 fully saturated rings. The van der Waals surface area contributed by atoms with Gasteiger partial charge in [-0.1, -0.05) is 18.5 Å². The normalized spacial score (nSPS) is 25.4. The number of hydrogen-bond donors (Lipinski definition) is 1. The summed E-state index contributed by atoms with van der Waals surface area (Å²) in [6.07, 6.45) is 6.91. The lowest BCUT2D eigenvalue weighted by Crippen LogP contribution is -2.25. The van der Waals surface area contributed by atoms with E-state index in [-0.39, 0.29) is 0 Å². The van der Waals surface area contributed by atoms with Crippen LogP contribution in [0.4, 0.5) is 5.69 Å². The van der Waals surface area contributed by atoms with E-state index in [1.807, 2.05) is 6.92 Å². The Labute approximate surface area is 102 Å². The zero-order valence-electron chi connectivity index (χ0n) is 9.96. The molecule has 1 N–H and O–H groups in total. The van der Waals surface area contributed by atoms with E-state index < -0.39 is 0 Å². The summed E-state index contributed by atoms with van der Waals surface area (Å²) in [5.74, 6) is 0.879. The third kappa shape index (κ3) is 2.88. The molecule has 0 spiro atoms. The predicted molar refractivity (Wildman–Crippen MR) is 69.0 cm³/mol. The number of halogens is 1. The van der Waals surface area contributed by atoms with Gasteiger partial charge >= 0.3 is 0 Å². The van der Waals surface area contributed by atoms with E-state index in [1.165, 1.54) is 25.7 Å². The van der Waals surface area contributed by atoms with Crippen molar-refractivity contribution in [2.45, 2.75) is 45.6 Å². The largest absolute Gasteiger partial charge is 0.380 e. The molecule has 0 bridgehead atoms. The Morgan fingerprint density at radius 1 is 1.31 bits per heavy atom. The Hall–Kier alpha value is -0.760. The number of hydrogen-bond acceptors (Lipinski definition) is 2. The first-order valence-corrected chi connectivity index (χ1v) is 6.41. The first-order valence-electron chi connectivity index (χ1n) is 6.04. The summed E-state index contributed by atoms with van der Waals surface area (Å²) in [7, 11) is 0. The quantitative estimate of drug-likeness (QED) is 0.787. The van der Waals surface area contributed by atoms with Gasteiger partial charge in [-0.2, -0.15) is 0 Å². The second kappa shape index (κ2) is 5.05. The lowest BCUT2D eigenvalue weighted by atomic mass is 9.87. The summed E-state index contributed by atoms with van der Waals surface area (Å²) in [5.41, 5.74) is 2.14. The molecular weight excluding hydrogens is 220 g/mol. The molecule has 1 aliphatic rings. The van der Waals surface area contributed by atoms with Crippen LogP contribution in [-0.4, -0.2) is 11.0 Å². The minimum Gasteiger partial charge on any atom is -0.380 e. The van der Waals surface area contributed by atoms with Crippen molar-refractivity contribution in [3.05, 3.63) is 23.0 Å². The van der Waals surface area contributed by atoms with E-state index in [2.05, 4.69) is 23.3 Å². The van der Waals surface area contributed by atoms with E-state index in [0.29, 0.717) is 11.2 Å². The zero-order chi connectivity index (χ0) is 11.5. The van der Waals surface area contributed by atoms with Crippen LogP contribution in [-0.2, 0) is 0 Å². The molecule has 1 aliphatic carbocycles. The first-order chi connectivity index (χ1) is 7.65. The van der Waals surface area contributed by atoms with Gasteiger partial charge in [-0.25, -0.2) is 4.98 Å². The number of rotatable bonds is 2. The van der Waals surface area contributed by atoms with Crippen molar-refractivity contribution < 1.29 is 0 Å².